The summed E-state index contributed by atoms with van der Waals surface area (Å²) in [4.78, 5) is 18.1. The summed E-state index contributed by atoms with van der Waals surface area (Å²) < 4.78 is 0. The number of carbonyl (C=O) groups is 1. The molecule has 0 aromatic carbocycles. The van der Waals surface area contributed by atoms with Crippen molar-refractivity contribution in [2.24, 2.45) is 5.92 Å². The first kappa shape index (κ1) is 12.9. The van der Waals surface area contributed by atoms with E-state index in [0.717, 1.165) is 31.2 Å². The highest BCUT2D eigenvalue weighted by atomic mass is 16.2. The molecule has 4 heteroatoms. The van der Waals surface area contributed by atoms with E-state index in [1.165, 1.54) is 12.8 Å². The SMILES string of the molecule is CCN(CC)C(=O)c1cc(NCC2CC2)ccn1. The fourth-order valence-electron chi connectivity index (χ4n) is 1.91. The van der Waals surface area contributed by atoms with Gasteiger partial charge in [0.15, 0.2) is 0 Å². The number of amides is 1. The molecular formula is C14H21N3O. The van der Waals surface area contributed by atoms with Crippen LogP contribution in [0.5, 0.6) is 0 Å². The molecule has 98 valence electrons. The second kappa shape index (κ2) is 5.85. The maximum absolute atomic E-state index is 12.1. The number of nitrogens with zero attached hydrogens (tertiary/aromatic N) is 2. The molecule has 0 aliphatic heterocycles. The molecule has 0 radical (unpaired) electrons. The summed E-state index contributed by atoms with van der Waals surface area (Å²) in [6, 6.07) is 3.77. The lowest BCUT2D eigenvalue weighted by Gasteiger charge is -2.18. The fourth-order valence-corrected chi connectivity index (χ4v) is 1.91. The second-order valence-electron chi connectivity index (χ2n) is 4.73. The van der Waals surface area contributed by atoms with Crippen molar-refractivity contribution in [1.29, 1.82) is 0 Å². The first-order valence-electron chi connectivity index (χ1n) is 6.73. The molecule has 1 aromatic heterocycles. The van der Waals surface area contributed by atoms with Gasteiger partial charge in [-0.1, -0.05) is 0 Å². The molecule has 1 N–H and O–H groups in total. The maximum atomic E-state index is 12.1. The summed E-state index contributed by atoms with van der Waals surface area (Å²) >= 11 is 0. The van der Waals surface area contributed by atoms with Crippen LogP contribution in [0.15, 0.2) is 18.3 Å². The molecule has 0 bridgehead atoms. The van der Waals surface area contributed by atoms with E-state index in [-0.39, 0.29) is 5.91 Å². The van der Waals surface area contributed by atoms with Gasteiger partial charge in [0.2, 0.25) is 0 Å². The summed E-state index contributed by atoms with van der Waals surface area (Å²) in [5.41, 5.74) is 1.52. The van der Waals surface area contributed by atoms with E-state index < -0.39 is 0 Å². The van der Waals surface area contributed by atoms with Gasteiger partial charge in [0, 0.05) is 31.5 Å². The molecule has 1 aliphatic carbocycles. The van der Waals surface area contributed by atoms with Gasteiger partial charge in [-0.3, -0.25) is 9.78 Å². The third-order valence-corrected chi connectivity index (χ3v) is 3.32. The fraction of sp³-hybridized carbons (Fsp3) is 0.571. The van der Waals surface area contributed by atoms with Crippen molar-refractivity contribution in [3.8, 4) is 0 Å². The number of pyridine rings is 1. The van der Waals surface area contributed by atoms with Gasteiger partial charge in [0.1, 0.15) is 5.69 Å². The van der Waals surface area contributed by atoms with Crippen molar-refractivity contribution in [2.45, 2.75) is 26.7 Å². The maximum Gasteiger partial charge on any atom is 0.272 e. The smallest absolute Gasteiger partial charge is 0.272 e. The second-order valence-corrected chi connectivity index (χ2v) is 4.73. The van der Waals surface area contributed by atoms with Crippen molar-refractivity contribution < 1.29 is 4.79 Å². The average molecular weight is 247 g/mol. The highest BCUT2D eigenvalue weighted by Crippen LogP contribution is 2.28. The van der Waals surface area contributed by atoms with Crippen LogP contribution in [0, 0.1) is 5.92 Å². The molecule has 18 heavy (non-hydrogen) atoms. The number of hydrogen-bond acceptors (Lipinski definition) is 3. The standard InChI is InChI=1S/C14H21N3O/c1-3-17(4-2)14(18)13-9-12(7-8-15-13)16-10-11-5-6-11/h7-9,11H,3-6,10H2,1-2H3,(H,15,16). The Morgan fingerprint density at radius 2 is 2.17 bits per heavy atom. The van der Waals surface area contributed by atoms with E-state index >= 15 is 0 Å². The van der Waals surface area contributed by atoms with Crippen molar-refractivity contribution >= 4 is 11.6 Å². The zero-order valence-corrected chi connectivity index (χ0v) is 11.1. The lowest BCUT2D eigenvalue weighted by atomic mass is 10.2. The minimum atomic E-state index is 0.00933. The van der Waals surface area contributed by atoms with Crippen LogP contribution in [0.3, 0.4) is 0 Å². The van der Waals surface area contributed by atoms with Crippen LogP contribution in [0.4, 0.5) is 5.69 Å². The molecule has 1 aliphatic rings. The van der Waals surface area contributed by atoms with Gasteiger partial charge in [-0.05, 0) is 44.7 Å². The van der Waals surface area contributed by atoms with Crippen LogP contribution < -0.4 is 5.32 Å². The van der Waals surface area contributed by atoms with E-state index in [0.29, 0.717) is 5.69 Å². The summed E-state index contributed by atoms with van der Waals surface area (Å²) in [6.45, 7) is 6.41. The first-order chi connectivity index (χ1) is 8.74. The molecular weight excluding hydrogens is 226 g/mol. The quantitative estimate of drug-likeness (QED) is 0.839. The highest BCUT2D eigenvalue weighted by molar-refractivity contribution is 5.93. The Labute approximate surface area is 108 Å². The molecule has 1 amide bonds. The highest BCUT2D eigenvalue weighted by Gasteiger charge is 2.21. The summed E-state index contributed by atoms with van der Waals surface area (Å²) in [6.07, 6.45) is 4.35. The zero-order valence-electron chi connectivity index (χ0n) is 11.1. The molecule has 0 atom stereocenters. The number of carbonyl (C=O) groups excluding carboxylic acids is 1. The van der Waals surface area contributed by atoms with Crippen LogP contribution >= 0.6 is 0 Å². The number of anilines is 1. The number of rotatable bonds is 6. The molecule has 1 aromatic rings. The average Bonchev–Trinajstić information content (AvgIpc) is 3.22. The third-order valence-electron chi connectivity index (χ3n) is 3.32. The van der Waals surface area contributed by atoms with Gasteiger partial charge in [-0.15, -0.1) is 0 Å². The normalized spacial score (nSPS) is 14.3. The van der Waals surface area contributed by atoms with E-state index in [2.05, 4.69) is 10.3 Å². The van der Waals surface area contributed by atoms with Gasteiger partial charge in [-0.25, -0.2) is 0 Å². The van der Waals surface area contributed by atoms with Crippen molar-refractivity contribution in [3.05, 3.63) is 24.0 Å². The van der Waals surface area contributed by atoms with Crippen LogP contribution in [-0.2, 0) is 0 Å². The van der Waals surface area contributed by atoms with Crippen molar-refractivity contribution in [1.82, 2.24) is 9.88 Å². The Hall–Kier alpha value is -1.58. The monoisotopic (exact) mass is 247 g/mol. The molecule has 0 spiro atoms. The molecule has 0 unspecified atom stereocenters. The number of nitrogens with one attached hydrogen (secondary N) is 1. The van der Waals surface area contributed by atoms with Crippen LogP contribution in [0.25, 0.3) is 0 Å². The predicted octanol–water partition coefficient (Wildman–Crippen LogP) is 2.39. The summed E-state index contributed by atoms with van der Waals surface area (Å²) in [5.74, 6) is 0.829. The van der Waals surface area contributed by atoms with Gasteiger partial charge < -0.3 is 10.2 Å². The van der Waals surface area contributed by atoms with E-state index in [4.69, 9.17) is 0 Å². The topological polar surface area (TPSA) is 45.2 Å². The lowest BCUT2D eigenvalue weighted by molar-refractivity contribution is 0.0767. The molecule has 1 fully saturated rings. The lowest BCUT2D eigenvalue weighted by Crippen LogP contribution is -2.31. The van der Waals surface area contributed by atoms with Crippen molar-refractivity contribution in [2.75, 3.05) is 25.0 Å². The Morgan fingerprint density at radius 3 is 2.78 bits per heavy atom. The predicted molar refractivity (Wildman–Crippen MR) is 72.7 cm³/mol. The Morgan fingerprint density at radius 1 is 1.44 bits per heavy atom. The van der Waals surface area contributed by atoms with E-state index in [1.54, 1.807) is 11.1 Å². The van der Waals surface area contributed by atoms with Crippen LogP contribution in [0.2, 0.25) is 0 Å². The van der Waals surface area contributed by atoms with E-state index in [9.17, 15) is 4.79 Å². The molecule has 2 rings (SSSR count). The molecule has 4 nitrogen and oxygen atoms in total. The molecule has 1 saturated carbocycles. The van der Waals surface area contributed by atoms with Gasteiger partial charge in [0.25, 0.3) is 5.91 Å². The largest absolute Gasteiger partial charge is 0.385 e. The zero-order chi connectivity index (χ0) is 13.0. The summed E-state index contributed by atoms with van der Waals surface area (Å²) in [7, 11) is 0. The summed E-state index contributed by atoms with van der Waals surface area (Å²) in [5, 5.41) is 3.37. The van der Waals surface area contributed by atoms with Gasteiger partial charge in [0.05, 0.1) is 0 Å². The number of aromatic nitrogens is 1. The molecule has 1 heterocycles. The Kier molecular flexibility index (Phi) is 4.18. The van der Waals surface area contributed by atoms with Gasteiger partial charge in [-0.2, -0.15) is 0 Å². The Balaban J connectivity index is 2.02. The number of hydrogen-bond donors (Lipinski definition) is 1. The minimum absolute atomic E-state index is 0.00933. The third kappa shape index (κ3) is 3.22. The van der Waals surface area contributed by atoms with Crippen LogP contribution in [-0.4, -0.2) is 35.4 Å². The van der Waals surface area contributed by atoms with Gasteiger partial charge >= 0.3 is 0 Å². The molecule has 0 saturated heterocycles. The van der Waals surface area contributed by atoms with Crippen molar-refractivity contribution in [3.63, 3.8) is 0 Å². The Bertz CT molecular complexity index is 411. The first-order valence-corrected chi connectivity index (χ1v) is 6.73. The van der Waals surface area contributed by atoms with E-state index in [1.807, 2.05) is 26.0 Å². The minimum Gasteiger partial charge on any atom is -0.385 e. The van der Waals surface area contributed by atoms with Crippen LogP contribution in [0.1, 0.15) is 37.2 Å².